The Kier molecular flexibility index (Phi) is 2.87. The lowest BCUT2D eigenvalue weighted by Crippen LogP contribution is -2.22. The quantitative estimate of drug-likeness (QED) is 0.718. The fraction of sp³-hybridized carbons (Fsp3) is 0.333. The van der Waals surface area contributed by atoms with E-state index in [1.54, 1.807) is 6.08 Å². The molecule has 0 bridgehead atoms. The summed E-state index contributed by atoms with van der Waals surface area (Å²) in [6, 6.07) is 2.01. The van der Waals surface area contributed by atoms with E-state index in [1.807, 2.05) is 27.0 Å². The van der Waals surface area contributed by atoms with E-state index in [-0.39, 0.29) is 11.1 Å². The number of carbonyl (C=O) groups excluding carboxylic acids is 2. The average molecular weight is 250 g/mol. The van der Waals surface area contributed by atoms with Gasteiger partial charge in [0.15, 0.2) is 0 Å². The lowest BCUT2D eigenvalue weighted by atomic mass is 10.2. The Morgan fingerprint density at radius 3 is 2.29 bits per heavy atom. The maximum absolute atomic E-state index is 11.7. The maximum Gasteiger partial charge on any atom is 0.293 e. The van der Waals surface area contributed by atoms with Crippen molar-refractivity contribution >= 4 is 29.0 Å². The normalized spacial score (nSPS) is 18.6. The van der Waals surface area contributed by atoms with Crippen LogP contribution < -0.4 is 0 Å². The van der Waals surface area contributed by atoms with Crippen molar-refractivity contribution in [2.75, 3.05) is 7.05 Å². The second kappa shape index (κ2) is 4.07. The zero-order valence-corrected chi connectivity index (χ0v) is 11.1. The summed E-state index contributed by atoms with van der Waals surface area (Å²) in [4.78, 5) is 24.7. The molecule has 1 aliphatic rings. The van der Waals surface area contributed by atoms with Crippen LogP contribution in [0.4, 0.5) is 4.79 Å². The van der Waals surface area contributed by atoms with Crippen molar-refractivity contribution < 1.29 is 9.59 Å². The molecule has 0 aliphatic carbocycles. The van der Waals surface area contributed by atoms with E-state index in [9.17, 15) is 9.59 Å². The fourth-order valence-electron chi connectivity index (χ4n) is 1.72. The third-order valence-electron chi connectivity index (χ3n) is 3.09. The van der Waals surface area contributed by atoms with Crippen LogP contribution in [-0.2, 0) is 11.8 Å². The number of aromatic nitrogens is 1. The molecule has 0 N–H and O–H groups in total. The first kappa shape index (κ1) is 12.0. The van der Waals surface area contributed by atoms with Gasteiger partial charge in [-0.05, 0) is 43.3 Å². The van der Waals surface area contributed by atoms with E-state index in [4.69, 9.17) is 0 Å². The molecule has 1 aromatic heterocycles. The van der Waals surface area contributed by atoms with E-state index in [1.165, 1.54) is 7.05 Å². The van der Waals surface area contributed by atoms with Crippen LogP contribution in [0, 0.1) is 13.8 Å². The Bertz CT molecular complexity index is 543. The minimum Gasteiger partial charge on any atom is -0.352 e. The molecule has 4 nitrogen and oxygen atoms in total. The largest absolute Gasteiger partial charge is 0.352 e. The number of thioether (sulfide) groups is 1. The van der Waals surface area contributed by atoms with E-state index >= 15 is 0 Å². The lowest BCUT2D eigenvalue weighted by Gasteiger charge is -2.01. The highest BCUT2D eigenvalue weighted by Gasteiger charge is 2.31. The van der Waals surface area contributed by atoms with Crippen molar-refractivity contribution in [1.29, 1.82) is 0 Å². The first-order valence-corrected chi connectivity index (χ1v) is 6.08. The number of hydrogen-bond donors (Lipinski definition) is 0. The molecule has 1 aromatic rings. The van der Waals surface area contributed by atoms with Gasteiger partial charge in [0, 0.05) is 25.5 Å². The molecule has 0 spiro atoms. The van der Waals surface area contributed by atoms with Gasteiger partial charge in [0.05, 0.1) is 4.91 Å². The number of carbonyl (C=O) groups is 2. The predicted molar refractivity (Wildman–Crippen MR) is 68.6 cm³/mol. The molecule has 2 amide bonds. The van der Waals surface area contributed by atoms with Gasteiger partial charge in [-0.1, -0.05) is 0 Å². The minimum absolute atomic E-state index is 0.216. The molecule has 1 aliphatic heterocycles. The highest BCUT2D eigenvalue weighted by atomic mass is 32.2. The summed E-state index contributed by atoms with van der Waals surface area (Å²) in [6.45, 7) is 4.00. The molecule has 1 fully saturated rings. The van der Waals surface area contributed by atoms with E-state index in [2.05, 4.69) is 4.57 Å². The van der Waals surface area contributed by atoms with Crippen LogP contribution in [0.3, 0.4) is 0 Å². The van der Waals surface area contributed by atoms with Crippen LogP contribution in [0.5, 0.6) is 0 Å². The molecule has 0 atom stereocenters. The Labute approximate surface area is 104 Å². The number of imide groups is 1. The zero-order valence-electron chi connectivity index (χ0n) is 10.3. The summed E-state index contributed by atoms with van der Waals surface area (Å²) >= 11 is 0.990. The topological polar surface area (TPSA) is 42.3 Å². The molecule has 2 rings (SSSR count). The van der Waals surface area contributed by atoms with Gasteiger partial charge in [0.25, 0.3) is 11.1 Å². The van der Waals surface area contributed by atoms with Crippen LogP contribution in [-0.4, -0.2) is 27.7 Å². The summed E-state index contributed by atoms with van der Waals surface area (Å²) < 4.78 is 2.06. The minimum atomic E-state index is -0.221. The smallest absolute Gasteiger partial charge is 0.293 e. The van der Waals surface area contributed by atoms with Gasteiger partial charge in [0.1, 0.15) is 0 Å². The number of amides is 2. The Balaban J connectivity index is 2.41. The molecule has 1 saturated heterocycles. The molecule has 0 aromatic carbocycles. The maximum atomic E-state index is 11.7. The SMILES string of the molecule is Cc1cc(/C=C2\SC(=O)N(C)C2=O)c(C)n1C. The number of likely N-dealkylation sites (N-methyl/N-ethyl adjacent to an activating group) is 1. The molecule has 90 valence electrons. The molecule has 0 radical (unpaired) electrons. The van der Waals surface area contributed by atoms with Gasteiger partial charge in [-0.15, -0.1) is 0 Å². The van der Waals surface area contributed by atoms with Gasteiger partial charge >= 0.3 is 0 Å². The van der Waals surface area contributed by atoms with Crippen LogP contribution in [0.15, 0.2) is 11.0 Å². The summed E-state index contributed by atoms with van der Waals surface area (Å²) in [5, 5.41) is -0.216. The average Bonchev–Trinajstić information content (AvgIpc) is 2.66. The van der Waals surface area contributed by atoms with Crippen LogP contribution in [0.1, 0.15) is 17.0 Å². The Morgan fingerprint density at radius 1 is 1.24 bits per heavy atom. The van der Waals surface area contributed by atoms with E-state index < -0.39 is 0 Å². The summed E-state index contributed by atoms with van der Waals surface area (Å²) in [5.74, 6) is -0.221. The van der Waals surface area contributed by atoms with Crippen LogP contribution in [0.25, 0.3) is 6.08 Å². The molecule has 0 unspecified atom stereocenters. The summed E-state index contributed by atoms with van der Waals surface area (Å²) in [5.41, 5.74) is 3.21. The highest BCUT2D eigenvalue weighted by Crippen LogP contribution is 2.31. The number of hydrogen-bond acceptors (Lipinski definition) is 3. The van der Waals surface area contributed by atoms with Crippen molar-refractivity contribution in [3.05, 3.63) is 27.9 Å². The number of rotatable bonds is 1. The second-order valence-electron chi connectivity index (χ2n) is 4.13. The number of nitrogens with zero attached hydrogens (tertiary/aromatic N) is 2. The second-order valence-corrected chi connectivity index (χ2v) is 5.12. The number of aryl methyl sites for hydroxylation is 1. The molecular weight excluding hydrogens is 236 g/mol. The van der Waals surface area contributed by atoms with Crippen LogP contribution in [0.2, 0.25) is 0 Å². The molecular formula is C12H14N2O2S. The van der Waals surface area contributed by atoms with Gasteiger partial charge < -0.3 is 4.57 Å². The predicted octanol–water partition coefficient (Wildman–Crippen LogP) is 2.31. The third-order valence-corrected chi connectivity index (χ3v) is 4.05. The first-order chi connectivity index (χ1) is 7.91. The van der Waals surface area contributed by atoms with Gasteiger partial charge in [-0.25, -0.2) is 0 Å². The van der Waals surface area contributed by atoms with Crippen molar-refractivity contribution in [3.63, 3.8) is 0 Å². The molecule has 17 heavy (non-hydrogen) atoms. The molecule has 2 heterocycles. The van der Waals surface area contributed by atoms with Crippen LogP contribution >= 0.6 is 11.8 Å². The standard InChI is InChI=1S/C12H14N2O2S/c1-7-5-9(8(2)13(7)3)6-10-11(15)14(4)12(16)17-10/h5-6H,1-4H3/b10-6-. The van der Waals surface area contributed by atoms with Crippen molar-refractivity contribution in [1.82, 2.24) is 9.47 Å². The Hall–Kier alpha value is -1.49. The summed E-state index contributed by atoms with van der Waals surface area (Å²) in [7, 11) is 3.48. The van der Waals surface area contributed by atoms with Gasteiger partial charge in [-0.2, -0.15) is 0 Å². The monoisotopic (exact) mass is 250 g/mol. The molecule has 5 heteroatoms. The summed E-state index contributed by atoms with van der Waals surface area (Å²) in [6.07, 6.45) is 1.79. The van der Waals surface area contributed by atoms with Crippen molar-refractivity contribution in [2.45, 2.75) is 13.8 Å². The zero-order chi connectivity index (χ0) is 12.7. The first-order valence-electron chi connectivity index (χ1n) is 5.26. The fourth-order valence-corrected chi connectivity index (χ4v) is 2.54. The Morgan fingerprint density at radius 2 is 1.88 bits per heavy atom. The van der Waals surface area contributed by atoms with Gasteiger partial charge in [0.2, 0.25) is 0 Å². The molecule has 0 saturated carbocycles. The third kappa shape index (κ3) is 1.91. The lowest BCUT2D eigenvalue weighted by molar-refractivity contribution is -0.121. The van der Waals surface area contributed by atoms with E-state index in [0.717, 1.165) is 33.6 Å². The van der Waals surface area contributed by atoms with Crippen molar-refractivity contribution in [2.24, 2.45) is 7.05 Å². The highest BCUT2D eigenvalue weighted by molar-refractivity contribution is 8.18. The van der Waals surface area contributed by atoms with Gasteiger partial charge in [-0.3, -0.25) is 14.5 Å². The van der Waals surface area contributed by atoms with Crippen molar-refractivity contribution in [3.8, 4) is 0 Å². The van der Waals surface area contributed by atoms with E-state index in [0.29, 0.717) is 4.91 Å².